The summed E-state index contributed by atoms with van der Waals surface area (Å²) in [5, 5.41) is 9.30. The largest absolute Gasteiger partial charge is 0.397 e. The van der Waals surface area contributed by atoms with Crippen LogP contribution in [-0.4, -0.2) is 31.2 Å². The Morgan fingerprint density at radius 2 is 1.64 bits per heavy atom. The molecule has 1 fully saturated rings. The van der Waals surface area contributed by atoms with Crippen LogP contribution in [0.1, 0.15) is 5.56 Å². The van der Waals surface area contributed by atoms with Gasteiger partial charge in [-0.25, -0.2) is 4.98 Å². The van der Waals surface area contributed by atoms with Crippen molar-refractivity contribution in [3.63, 3.8) is 0 Å². The fraction of sp³-hybridized carbons (Fsp3) is 0.250. The molecule has 0 aliphatic carbocycles. The lowest BCUT2D eigenvalue weighted by atomic mass is 10.2. The summed E-state index contributed by atoms with van der Waals surface area (Å²) in [5.41, 5.74) is 13.6. The summed E-state index contributed by atoms with van der Waals surface area (Å²) in [6.07, 6.45) is 0. The number of para-hydroxylation sites is 1. The highest BCUT2D eigenvalue weighted by Gasteiger charge is 2.22. The van der Waals surface area contributed by atoms with Crippen molar-refractivity contribution in [3.05, 3.63) is 42.0 Å². The SMILES string of the molecule is N#Cc1c(N)cc(N)nc1N1CCN(c2ccccc2)CC1. The molecule has 0 spiro atoms. The van der Waals surface area contributed by atoms with E-state index in [0.29, 0.717) is 22.9 Å². The lowest BCUT2D eigenvalue weighted by molar-refractivity contribution is 0.647. The van der Waals surface area contributed by atoms with Gasteiger partial charge in [0.15, 0.2) is 5.82 Å². The van der Waals surface area contributed by atoms with E-state index in [4.69, 9.17) is 11.5 Å². The van der Waals surface area contributed by atoms with Gasteiger partial charge in [0.1, 0.15) is 17.5 Å². The third-order valence-corrected chi connectivity index (χ3v) is 3.86. The van der Waals surface area contributed by atoms with Crippen molar-refractivity contribution in [2.45, 2.75) is 0 Å². The Kier molecular flexibility index (Phi) is 3.71. The Labute approximate surface area is 129 Å². The number of rotatable bonds is 2. The molecule has 1 aromatic carbocycles. The molecule has 1 aromatic heterocycles. The van der Waals surface area contributed by atoms with Crippen LogP contribution in [0.4, 0.5) is 23.0 Å². The highest BCUT2D eigenvalue weighted by Crippen LogP contribution is 2.26. The number of benzene rings is 1. The summed E-state index contributed by atoms with van der Waals surface area (Å²) in [4.78, 5) is 8.70. The average molecular weight is 294 g/mol. The van der Waals surface area contributed by atoms with Crippen LogP contribution in [0.25, 0.3) is 0 Å². The number of hydrogen-bond donors (Lipinski definition) is 2. The smallest absolute Gasteiger partial charge is 0.151 e. The molecule has 0 atom stereocenters. The first-order valence-corrected chi connectivity index (χ1v) is 7.20. The summed E-state index contributed by atoms with van der Waals surface area (Å²) in [6.45, 7) is 3.29. The van der Waals surface area contributed by atoms with E-state index in [2.05, 4.69) is 33.0 Å². The number of hydrogen-bond acceptors (Lipinski definition) is 6. The van der Waals surface area contributed by atoms with Gasteiger partial charge in [-0.2, -0.15) is 5.26 Å². The van der Waals surface area contributed by atoms with Gasteiger partial charge >= 0.3 is 0 Å². The summed E-state index contributed by atoms with van der Waals surface area (Å²) < 4.78 is 0. The van der Waals surface area contributed by atoms with Crippen LogP contribution in [0.3, 0.4) is 0 Å². The molecular formula is C16H18N6. The number of piperazine rings is 1. The van der Waals surface area contributed by atoms with E-state index in [1.54, 1.807) is 0 Å². The second-order valence-corrected chi connectivity index (χ2v) is 5.26. The number of nitrogen functional groups attached to an aromatic ring is 2. The maximum absolute atomic E-state index is 9.30. The normalized spacial score (nSPS) is 14.7. The number of nitrogens with zero attached hydrogens (tertiary/aromatic N) is 4. The average Bonchev–Trinajstić information content (AvgIpc) is 2.55. The molecule has 6 heteroatoms. The highest BCUT2D eigenvalue weighted by atomic mass is 15.3. The van der Waals surface area contributed by atoms with Crippen LogP contribution in [-0.2, 0) is 0 Å². The van der Waals surface area contributed by atoms with Crippen LogP contribution < -0.4 is 21.3 Å². The van der Waals surface area contributed by atoms with Crippen LogP contribution in [0.2, 0.25) is 0 Å². The zero-order valence-electron chi connectivity index (χ0n) is 12.2. The van der Waals surface area contributed by atoms with Crippen molar-refractivity contribution in [2.24, 2.45) is 0 Å². The number of anilines is 4. The summed E-state index contributed by atoms with van der Waals surface area (Å²) in [5.74, 6) is 0.935. The Hall–Kier alpha value is -2.94. The van der Waals surface area contributed by atoms with Gasteiger partial charge in [-0.05, 0) is 12.1 Å². The predicted molar refractivity (Wildman–Crippen MR) is 88.6 cm³/mol. The van der Waals surface area contributed by atoms with Crippen LogP contribution in [0.5, 0.6) is 0 Å². The van der Waals surface area contributed by atoms with Crippen LogP contribution >= 0.6 is 0 Å². The van der Waals surface area contributed by atoms with E-state index >= 15 is 0 Å². The van der Waals surface area contributed by atoms with Crippen LogP contribution in [0.15, 0.2) is 36.4 Å². The zero-order chi connectivity index (χ0) is 15.5. The van der Waals surface area contributed by atoms with Gasteiger partial charge in [-0.1, -0.05) is 18.2 Å². The van der Waals surface area contributed by atoms with E-state index in [1.807, 2.05) is 18.2 Å². The van der Waals surface area contributed by atoms with Gasteiger partial charge < -0.3 is 21.3 Å². The third kappa shape index (κ3) is 2.61. The molecule has 0 radical (unpaired) electrons. The van der Waals surface area contributed by atoms with Crippen molar-refractivity contribution in [1.82, 2.24) is 4.98 Å². The molecule has 1 saturated heterocycles. The number of pyridine rings is 1. The molecule has 0 unspecified atom stereocenters. The Balaban J connectivity index is 1.79. The number of nitrogens with two attached hydrogens (primary N) is 2. The first kappa shape index (κ1) is 14.0. The summed E-state index contributed by atoms with van der Waals surface area (Å²) in [7, 11) is 0. The van der Waals surface area contributed by atoms with Gasteiger partial charge in [0.05, 0.1) is 5.69 Å². The predicted octanol–water partition coefficient (Wildman–Crippen LogP) is 1.44. The first-order chi connectivity index (χ1) is 10.7. The van der Waals surface area contributed by atoms with Crippen LogP contribution in [0, 0.1) is 11.3 Å². The van der Waals surface area contributed by atoms with E-state index < -0.39 is 0 Å². The van der Waals surface area contributed by atoms with Gasteiger partial charge in [-0.3, -0.25) is 0 Å². The molecule has 1 aliphatic rings. The molecule has 0 saturated carbocycles. The maximum Gasteiger partial charge on any atom is 0.151 e. The molecule has 6 nitrogen and oxygen atoms in total. The molecule has 4 N–H and O–H groups in total. The van der Waals surface area contributed by atoms with E-state index in [1.165, 1.54) is 11.8 Å². The highest BCUT2D eigenvalue weighted by molar-refractivity contribution is 5.70. The van der Waals surface area contributed by atoms with Gasteiger partial charge in [0.25, 0.3) is 0 Å². The minimum Gasteiger partial charge on any atom is -0.397 e. The maximum atomic E-state index is 9.30. The minimum atomic E-state index is 0.344. The molecule has 0 bridgehead atoms. The second-order valence-electron chi connectivity index (χ2n) is 5.26. The number of aromatic nitrogens is 1. The Morgan fingerprint density at radius 1 is 1.00 bits per heavy atom. The van der Waals surface area contributed by atoms with E-state index in [-0.39, 0.29) is 0 Å². The van der Waals surface area contributed by atoms with Crippen molar-refractivity contribution in [3.8, 4) is 6.07 Å². The minimum absolute atomic E-state index is 0.344. The summed E-state index contributed by atoms with van der Waals surface area (Å²) in [6, 6.07) is 14.0. The molecule has 1 aliphatic heterocycles. The standard InChI is InChI=1S/C16H18N6/c17-11-13-14(18)10-15(19)20-16(13)22-8-6-21(7-9-22)12-4-2-1-3-5-12/h1-5,10H,6-9H2,(H4,18,19,20). The Bertz CT molecular complexity index is 699. The lowest BCUT2D eigenvalue weighted by Crippen LogP contribution is -2.47. The fourth-order valence-electron chi connectivity index (χ4n) is 2.73. The number of nitriles is 1. The first-order valence-electron chi connectivity index (χ1n) is 7.20. The van der Waals surface area contributed by atoms with Crippen molar-refractivity contribution < 1.29 is 0 Å². The molecule has 0 amide bonds. The van der Waals surface area contributed by atoms with Crippen molar-refractivity contribution in [1.29, 1.82) is 5.26 Å². The van der Waals surface area contributed by atoms with Gasteiger partial charge in [-0.15, -0.1) is 0 Å². The topological polar surface area (TPSA) is 95.2 Å². The second kappa shape index (κ2) is 5.82. The molecule has 22 heavy (non-hydrogen) atoms. The molecule has 3 rings (SSSR count). The molecule has 2 aromatic rings. The quantitative estimate of drug-likeness (QED) is 0.870. The van der Waals surface area contributed by atoms with E-state index in [9.17, 15) is 5.26 Å². The van der Waals surface area contributed by atoms with E-state index in [0.717, 1.165) is 26.2 Å². The fourth-order valence-corrected chi connectivity index (χ4v) is 2.73. The van der Waals surface area contributed by atoms with Gasteiger partial charge in [0, 0.05) is 37.9 Å². The Morgan fingerprint density at radius 3 is 2.27 bits per heavy atom. The van der Waals surface area contributed by atoms with Gasteiger partial charge in [0.2, 0.25) is 0 Å². The van der Waals surface area contributed by atoms with Crippen molar-refractivity contribution in [2.75, 3.05) is 47.4 Å². The molecule has 112 valence electrons. The van der Waals surface area contributed by atoms with Crippen molar-refractivity contribution >= 4 is 23.0 Å². The molecule has 2 heterocycles. The monoisotopic (exact) mass is 294 g/mol. The molecular weight excluding hydrogens is 276 g/mol. The lowest BCUT2D eigenvalue weighted by Gasteiger charge is -2.37. The third-order valence-electron chi connectivity index (χ3n) is 3.86. The summed E-state index contributed by atoms with van der Waals surface area (Å²) >= 11 is 0. The zero-order valence-corrected chi connectivity index (χ0v) is 12.2.